The average molecular weight is 326 g/mol. The Bertz CT molecular complexity index is 403. The van der Waals surface area contributed by atoms with Crippen LogP contribution in [-0.4, -0.2) is 104 Å². The molecule has 0 aromatic carbocycles. The Morgan fingerprint density at radius 1 is 0.955 bits per heavy atom. The molecule has 0 spiro atoms. The normalized spacial score (nSPS) is 49.8. The summed E-state index contributed by atoms with van der Waals surface area (Å²) in [6, 6.07) is 0. The number of ether oxygens (including phenoxy) is 3. The third-order valence-electron chi connectivity index (χ3n) is 3.55. The summed E-state index contributed by atoms with van der Waals surface area (Å²) < 4.78 is 14.6. The molecule has 0 aliphatic carbocycles. The summed E-state index contributed by atoms with van der Waals surface area (Å²) in [4.78, 5) is 10.9. The van der Waals surface area contributed by atoms with Gasteiger partial charge < -0.3 is 50.0 Å². The molecule has 2 rings (SSSR count). The average Bonchev–Trinajstić information content (AvgIpc) is 2.46. The summed E-state index contributed by atoms with van der Waals surface area (Å²) in [6.45, 7) is -0.386. The van der Waals surface area contributed by atoms with Gasteiger partial charge in [0, 0.05) is 0 Å². The number of rotatable bonds is 3. The van der Waals surface area contributed by atoms with Crippen LogP contribution >= 0.6 is 0 Å². The van der Waals surface area contributed by atoms with E-state index in [-0.39, 0.29) is 6.61 Å². The molecule has 2 heterocycles. The molecule has 2 saturated heterocycles. The minimum absolute atomic E-state index is 0.386. The summed E-state index contributed by atoms with van der Waals surface area (Å²) in [5, 5.41) is 66.5. The number of aliphatic hydroxyl groups is 6. The molecule has 0 bridgehead atoms. The van der Waals surface area contributed by atoms with Crippen molar-refractivity contribution in [1.82, 2.24) is 0 Å². The van der Waals surface area contributed by atoms with Crippen LogP contribution in [0.15, 0.2) is 0 Å². The van der Waals surface area contributed by atoms with Gasteiger partial charge in [-0.2, -0.15) is 0 Å². The number of carbonyl (C=O) groups is 1. The van der Waals surface area contributed by atoms with Crippen molar-refractivity contribution in [2.75, 3.05) is 6.61 Å². The number of carboxylic acids is 1. The van der Waals surface area contributed by atoms with E-state index >= 15 is 0 Å². The quantitative estimate of drug-likeness (QED) is 0.264. The van der Waals surface area contributed by atoms with Gasteiger partial charge in [-0.05, 0) is 0 Å². The molecule has 0 aromatic heterocycles. The minimum atomic E-state index is -1.94. The fraction of sp³-hybridized carbons (Fsp3) is 0.909. The zero-order valence-corrected chi connectivity index (χ0v) is 11.2. The van der Waals surface area contributed by atoms with E-state index in [4.69, 9.17) is 14.6 Å². The molecule has 0 saturated carbocycles. The molecule has 2 aliphatic rings. The van der Waals surface area contributed by atoms with E-state index in [1.807, 2.05) is 0 Å². The highest BCUT2D eigenvalue weighted by Gasteiger charge is 2.50. The largest absolute Gasteiger partial charge is 0.479 e. The molecule has 9 atom stereocenters. The van der Waals surface area contributed by atoms with Crippen molar-refractivity contribution in [3.8, 4) is 0 Å². The van der Waals surface area contributed by atoms with Crippen molar-refractivity contribution in [3.05, 3.63) is 0 Å². The Hall–Kier alpha value is -0.890. The molecule has 0 unspecified atom stereocenters. The van der Waals surface area contributed by atoms with Gasteiger partial charge in [0.2, 0.25) is 0 Å². The third kappa shape index (κ3) is 3.22. The van der Waals surface area contributed by atoms with Crippen LogP contribution in [0, 0.1) is 0 Å². The lowest BCUT2D eigenvalue weighted by Gasteiger charge is -2.42. The highest BCUT2D eigenvalue weighted by atomic mass is 16.7. The molecule has 0 aromatic rings. The van der Waals surface area contributed by atoms with Crippen molar-refractivity contribution in [1.29, 1.82) is 0 Å². The second kappa shape index (κ2) is 6.70. The van der Waals surface area contributed by atoms with E-state index < -0.39 is 61.3 Å². The Labute approximate surface area is 123 Å². The van der Waals surface area contributed by atoms with Crippen LogP contribution < -0.4 is 0 Å². The van der Waals surface area contributed by atoms with Crippen molar-refractivity contribution in [2.45, 2.75) is 55.3 Å². The van der Waals surface area contributed by atoms with Gasteiger partial charge in [0.25, 0.3) is 0 Å². The van der Waals surface area contributed by atoms with Crippen LogP contribution in [0.25, 0.3) is 0 Å². The maximum atomic E-state index is 10.9. The third-order valence-corrected chi connectivity index (χ3v) is 3.55. The van der Waals surface area contributed by atoms with Crippen molar-refractivity contribution >= 4 is 5.97 Å². The van der Waals surface area contributed by atoms with Crippen LogP contribution in [0.3, 0.4) is 0 Å². The van der Waals surface area contributed by atoms with Crippen LogP contribution in [0.5, 0.6) is 0 Å². The predicted molar refractivity (Wildman–Crippen MR) is 63.2 cm³/mol. The van der Waals surface area contributed by atoms with Crippen LogP contribution in [0.1, 0.15) is 0 Å². The molecule has 11 nitrogen and oxygen atoms in total. The Kier molecular flexibility index (Phi) is 5.32. The Morgan fingerprint density at radius 2 is 1.59 bits per heavy atom. The second-order valence-corrected chi connectivity index (χ2v) is 5.12. The molecule has 2 fully saturated rings. The SMILES string of the molecule is O=C(O)[C@H]1O[C@@H](O)[C@H](O)[C@@H](O[C@H]2OC[C@@H](O)[C@H](O)[C@H]2O)[C@@H]1O. The standard InChI is InChI=1S/C11H18O11/c12-2-1-20-11(4(14)3(2)13)22-7-5(15)8(9(17)18)21-10(19)6(7)16/h2-8,10-16,19H,1H2,(H,17,18)/t2-,3+,4-,5+,6-,7+,8+,10-,11-/m1/s1. The predicted octanol–water partition coefficient (Wildman–Crippen LogP) is -4.67. The van der Waals surface area contributed by atoms with Gasteiger partial charge >= 0.3 is 5.97 Å². The summed E-state index contributed by atoms with van der Waals surface area (Å²) >= 11 is 0. The second-order valence-electron chi connectivity index (χ2n) is 5.12. The number of aliphatic carboxylic acids is 1. The van der Waals surface area contributed by atoms with Crippen molar-refractivity contribution in [3.63, 3.8) is 0 Å². The molecule has 2 aliphatic heterocycles. The zero-order valence-electron chi connectivity index (χ0n) is 11.2. The fourth-order valence-corrected chi connectivity index (χ4v) is 2.27. The summed E-state index contributed by atoms with van der Waals surface area (Å²) in [6.07, 6.45) is -15.3. The maximum absolute atomic E-state index is 10.9. The summed E-state index contributed by atoms with van der Waals surface area (Å²) in [7, 11) is 0. The Morgan fingerprint density at radius 3 is 2.18 bits per heavy atom. The van der Waals surface area contributed by atoms with Crippen LogP contribution in [0.4, 0.5) is 0 Å². The first kappa shape index (κ1) is 17.5. The molecular formula is C11H18O11. The smallest absolute Gasteiger partial charge is 0.335 e. The first-order valence-electron chi connectivity index (χ1n) is 6.47. The highest BCUT2D eigenvalue weighted by Crippen LogP contribution is 2.26. The lowest BCUT2D eigenvalue weighted by atomic mass is 9.98. The molecule has 11 heteroatoms. The monoisotopic (exact) mass is 326 g/mol. The minimum Gasteiger partial charge on any atom is -0.479 e. The number of hydrogen-bond donors (Lipinski definition) is 7. The van der Waals surface area contributed by atoms with E-state index in [1.165, 1.54) is 0 Å². The lowest BCUT2D eigenvalue weighted by molar-refractivity contribution is -0.339. The van der Waals surface area contributed by atoms with Gasteiger partial charge in [-0.25, -0.2) is 4.79 Å². The molecule has 0 amide bonds. The van der Waals surface area contributed by atoms with Gasteiger partial charge in [0.15, 0.2) is 18.7 Å². The van der Waals surface area contributed by atoms with Gasteiger partial charge in [-0.3, -0.25) is 0 Å². The summed E-state index contributed by atoms with van der Waals surface area (Å²) in [5.41, 5.74) is 0. The van der Waals surface area contributed by atoms with E-state index in [9.17, 15) is 35.4 Å². The van der Waals surface area contributed by atoms with Gasteiger partial charge in [0.05, 0.1) is 6.61 Å². The number of aliphatic hydroxyl groups excluding tert-OH is 6. The number of carboxylic acid groups (broad SMARTS) is 1. The van der Waals surface area contributed by atoms with E-state index in [0.29, 0.717) is 0 Å². The van der Waals surface area contributed by atoms with Crippen LogP contribution in [0.2, 0.25) is 0 Å². The Balaban J connectivity index is 2.10. The van der Waals surface area contributed by atoms with Gasteiger partial charge in [0.1, 0.15) is 36.6 Å². The molecule has 7 N–H and O–H groups in total. The van der Waals surface area contributed by atoms with E-state index in [0.717, 1.165) is 0 Å². The van der Waals surface area contributed by atoms with E-state index in [1.54, 1.807) is 0 Å². The van der Waals surface area contributed by atoms with Crippen molar-refractivity contribution < 1.29 is 54.8 Å². The molecule has 22 heavy (non-hydrogen) atoms. The van der Waals surface area contributed by atoms with Crippen LogP contribution in [-0.2, 0) is 19.0 Å². The summed E-state index contributed by atoms with van der Waals surface area (Å²) in [5.74, 6) is -1.59. The zero-order chi connectivity index (χ0) is 16.6. The maximum Gasteiger partial charge on any atom is 0.335 e. The van der Waals surface area contributed by atoms with Gasteiger partial charge in [-0.1, -0.05) is 0 Å². The first-order valence-corrected chi connectivity index (χ1v) is 6.47. The highest BCUT2D eigenvalue weighted by molar-refractivity contribution is 5.73. The topological polar surface area (TPSA) is 186 Å². The fourth-order valence-electron chi connectivity index (χ4n) is 2.27. The van der Waals surface area contributed by atoms with Gasteiger partial charge in [-0.15, -0.1) is 0 Å². The lowest BCUT2D eigenvalue weighted by Crippen LogP contribution is -2.63. The first-order chi connectivity index (χ1) is 10.2. The van der Waals surface area contributed by atoms with Crippen molar-refractivity contribution in [2.24, 2.45) is 0 Å². The van der Waals surface area contributed by atoms with E-state index in [2.05, 4.69) is 4.74 Å². The number of hydrogen-bond acceptors (Lipinski definition) is 10. The molecule has 128 valence electrons. The molecule has 0 radical (unpaired) electrons. The molecular weight excluding hydrogens is 308 g/mol.